The van der Waals surface area contributed by atoms with Crippen molar-refractivity contribution >= 4 is 21.8 Å². The molecule has 0 radical (unpaired) electrons. The van der Waals surface area contributed by atoms with Crippen molar-refractivity contribution in [3.8, 4) is 0 Å². The lowest BCUT2D eigenvalue weighted by Crippen LogP contribution is -2.25. The first-order valence-corrected chi connectivity index (χ1v) is 9.99. The predicted molar refractivity (Wildman–Crippen MR) is 108 cm³/mol. The van der Waals surface area contributed by atoms with Crippen LogP contribution < -0.4 is 0 Å². The Balaban J connectivity index is 1.64. The minimum atomic E-state index is 0.480. The number of rotatable bonds is 1. The largest absolute Gasteiger partial charge is 0.361 e. The molecule has 0 unspecified atom stereocenters. The number of hydrogen-bond donors (Lipinski definition) is 2. The number of aromatic amines is 2. The highest BCUT2D eigenvalue weighted by atomic mass is 14.8. The lowest BCUT2D eigenvalue weighted by molar-refractivity contribution is 0.218. The Kier molecular flexibility index (Phi) is 2.97. The molecule has 0 bridgehead atoms. The number of nitrogens with one attached hydrogen (secondary N) is 2. The van der Waals surface area contributed by atoms with Crippen LogP contribution in [0.2, 0.25) is 0 Å². The molecule has 2 nitrogen and oxygen atoms in total. The maximum absolute atomic E-state index is 3.84. The van der Waals surface area contributed by atoms with Gasteiger partial charge in [-0.2, -0.15) is 0 Å². The van der Waals surface area contributed by atoms with E-state index >= 15 is 0 Å². The zero-order valence-electron chi connectivity index (χ0n) is 15.1. The minimum Gasteiger partial charge on any atom is -0.361 e. The molecule has 1 saturated carbocycles. The standard InChI is InChI=1S/C24H24N2/c1-14-7-6-10-17-21(14)23(18-13-25-19-11-4-2-8-15(18)19)24-22(17)16-9-3-5-12-20(16)26-24/h2-5,8-9,11-14,17,21,23,25-26H,6-7,10H2,1H3/t14-,17-,21+,23-/m1/s1. The van der Waals surface area contributed by atoms with Crippen molar-refractivity contribution in [1.82, 2.24) is 9.97 Å². The normalized spacial score (nSPS) is 27.7. The third-order valence-corrected chi connectivity index (χ3v) is 7.10. The molecule has 26 heavy (non-hydrogen) atoms. The summed E-state index contributed by atoms with van der Waals surface area (Å²) in [5, 5.41) is 2.84. The van der Waals surface area contributed by atoms with Gasteiger partial charge in [-0.25, -0.2) is 0 Å². The molecule has 6 rings (SSSR count). The first-order chi connectivity index (χ1) is 12.8. The molecule has 2 aliphatic rings. The lowest BCUT2D eigenvalue weighted by Gasteiger charge is -2.35. The van der Waals surface area contributed by atoms with Gasteiger partial charge in [0.25, 0.3) is 0 Å². The van der Waals surface area contributed by atoms with Gasteiger partial charge < -0.3 is 9.97 Å². The molecule has 2 aromatic carbocycles. The van der Waals surface area contributed by atoms with Crippen molar-refractivity contribution in [2.75, 3.05) is 0 Å². The monoisotopic (exact) mass is 340 g/mol. The molecule has 2 aliphatic carbocycles. The van der Waals surface area contributed by atoms with E-state index in [0.29, 0.717) is 17.8 Å². The quantitative estimate of drug-likeness (QED) is 0.407. The molecule has 0 aliphatic heterocycles. The highest BCUT2D eigenvalue weighted by Crippen LogP contribution is 2.59. The Morgan fingerprint density at radius 1 is 0.885 bits per heavy atom. The van der Waals surface area contributed by atoms with Gasteiger partial charge in [-0.3, -0.25) is 0 Å². The zero-order valence-corrected chi connectivity index (χ0v) is 15.1. The second-order valence-corrected chi connectivity index (χ2v) is 8.36. The van der Waals surface area contributed by atoms with Crippen LogP contribution in [0.25, 0.3) is 21.8 Å². The van der Waals surface area contributed by atoms with E-state index in [4.69, 9.17) is 0 Å². The summed E-state index contributed by atoms with van der Waals surface area (Å²) in [6.45, 7) is 2.48. The molecule has 2 heteroatoms. The average molecular weight is 340 g/mol. The average Bonchev–Trinajstić information content (AvgIpc) is 3.33. The van der Waals surface area contributed by atoms with Crippen LogP contribution in [-0.4, -0.2) is 9.97 Å². The molecule has 4 atom stereocenters. The second-order valence-electron chi connectivity index (χ2n) is 8.36. The molecule has 2 heterocycles. The van der Waals surface area contributed by atoms with Crippen LogP contribution in [0.1, 0.15) is 54.8 Å². The van der Waals surface area contributed by atoms with Crippen LogP contribution in [0.4, 0.5) is 0 Å². The van der Waals surface area contributed by atoms with E-state index in [0.717, 1.165) is 5.92 Å². The van der Waals surface area contributed by atoms with E-state index in [1.165, 1.54) is 52.3 Å². The maximum Gasteiger partial charge on any atom is 0.0459 e. The van der Waals surface area contributed by atoms with E-state index in [1.807, 2.05) is 0 Å². The summed E-state index contributed by atoms with van der Waals surface area (Å²) in [7, 11) is 0. The van der Waals surface area contributed by atoms with E-state index < -0.39 is 0 Å². The Labute approximate surface area is 153 Å². The number of H-pyrrole nitrogens is 2. The summed E-state index contributed by atoms with van der Waals surface area (Å²) < 4.78 is 0. The molecule has 0 spiro atoms. The lowest BCUT2D eigenvalue weighted by atomic mass is 9.68. The summed E-state index contributed by atoms with van der Waals surface area (Å²) in [4.78, 5) is 7.37. The van der Waals surface area contributed by atoms with E-state index in [-0.39, 0.29) is 0 Å². The van der Waals surface area contributed by atoms with E-state index in [1.54, 1.807) is 5.56 Å². The van der Waals surface area contributed by atoms with E-state index in [9.17, 15) is 0 Å². The van der Waals surface area contributed by atoms with Crippen LogP contribution in [-0.2, 0) is 0 Å². The summed E-state index contributed by atoms with van der Waals surface area (Å²) in [5.41, 5.74) is 7.15. The maximum atomic E-state index is 3.84. The van der Waals surface area contributed by atoms with Gasteiger partial charge in [-0.15, -0.1) is 0 Å². The topological polar surface area (TPSA) is 31.6 Å². The zero-order chi connectivity index (χ0) is 17.3. The van der Waals surface area contributed by atoms with Crippen molar-refractivity contribution in [3.05, 3.63) is 71.5 Å². The SMILES string of the molecule is C[C@@H]1CCC[C@H]2c3c([nH]c4ccccc34)[C@H](c3c[nH]c4ccccc34)[C@@H]12. The van der Waals surface area contributed by atoms with Gasteiger partial charge in [0, 0.05) is 39.6 Å². The highest BCUT2D eigenvalue weighted by Gasteiger charge is 2.48. The van der Waals surface area contributed by atoms with Crippen molar-refractivity contribution in [2.45, 2.75) is 38.0 Å². The minimum absolute atomic E-state index is 0.480. The Bertz CT molecular complexity index is 1120. The molecular weight excluding hydrogens is 316 g/mol. The van der Waals surface area contributed by atoms with Gasteiger partial charge in [-0.05, 0) is 47.4 Å². The number of hydrogen-bond acceptors (Lipinski definition) is 0. The third-order valence-electron chi connectivity index (χ3n) is 7.10. The fraction of sp³-hybridized carbons (Fsp3) is 0.333. The van der Waals surface area contributed by atoms with Crippen molar-refractivity contribution in [1.29, 1.82) is 0 Å². The summed E-state index contributed by atoms with van der Waals surface area (Å²) in [5.74, 6) is 2.66. The smallest absolute Gasteiger partial charge is 0.0459 e. The van der Waals surface area contributed by atoms with Crippen molar-refractivity contribution < 1.29 is 0 Å². The van der Waals surface area contributed by atoms with Gasteiger partial charge in [0.15, 0.2) is 0 Å². The molecule has 1 fully saturated rings. The van der Waals surface area contributed by atoms with Crippen LogP contribution in [0.3, 0.4) is 0 Å². The Hall–Kier alpha value is -2.48. The van der Waals surface area contributed by atoms with Gasteiger partial charge in [0.2, 0.25) is 0 Å². The second kappa shape index (κ2) is 5.26. The van der Waals surface area contributed by atoms with Crippen LogP contribution in [0.5, 0.6) is 0 Å². The van der Waals surface area contributed by atoms with Gasteiger partial charge in [-0.1, -0.05) is 56.2 Å². The summed E-state index contributed by atoms with van der Waals surface area (Å²) in [6, 6.07) is 17.7. The first-order valence-electron chi connectivity index (χ1n) is 9.99. The third kappa shape index (κ3) is 1.82. The summed E-state index contributed by atoms with van der Waals surface area (Å²) in [6.07, 6.45) is 6.33. The summed E-state index contributed by atoms with van der Waals surface area (Å²) >= 11 is 0. The van der Waals surface area contributed by atoms with Crippen LogP contribution in [0, 0.1) is 11.8 Å². The molecule has 2 aromatic heterocycles. The van der Waals surface area contributed by atoms with Gasteiger partial charge in [0.05, 0.1) is 0 Å². The molecule has 2 N–H and O–H groups in total. The molecule has 0 amide bonds. The number of benzene rings is 2. The van der Waals surface area contributed by atoms with Gasteiger partial charge >= 0.3 is 0 Å². The number of para-hydroxylation sites is 2. The Morgan fingerprint density at radius 3 is 2.54 bits per heavy atom. The van der Waals surface area contributed by atoms with Crippen LogP contribution >= 0.6 is 0 Å². The highest BCUT2D eigenvalue weighted by molar-refractivity contribution is 5.89. The molecule has 130 valence electrons. The molecular formula is C24H24N2. The first kappa shape index (κ1) is 14.7. The molecule has 0 saturated heterocycles. The Morgan fingerprint density at radius 2 is 1.65 bits per heavy atom. The fourth-order valence-electron chi connectivity index (χ4n) is 6.07. The molecule has 4 aromatic rings. The van der Waals surface area contributed by atoms with Gasteiger partial charge in [0.1, 0.15) is 0 Å². The van der Waals surface area contributed by atoms with Crippen molar-refractivity contribution in [3.63, 3.8) is 0 Å². The van der Waals surface area contributed by atoms with E-state index in [2.05, 4.69) is 71.6 Å². The predicted octanol–water partition coefficient (Wildman–Crippen LogP) is 6.31. The number of aromatic nitrogens is 2. The fourth-order valence-corrected chi connectivity index (χ4v) is 6.07. The van der Waals surface area contributed by atoms with Crippen LogP contribution in [0.15, 0.2) is 54.7 Å². The number of fused-ring (bicyclic) bond motifs is 6. The van der Waals surface area contributed by atoms with Crippen molar-refractivity contribution in [2.24, 2.45) is 11.8 Å².